The van der Waals surface area contributed by atoms with Gasteiger partial charge in [-0.3, -0.25) is 9.10 Å². The van der Waals surface area contributed by atoms with Gasteiger partial charge in [-0.05, 0) is 30.7 Å². The summed E-state index contributed by atoms with van der Waals surface area (Å²) in [5.41, 5.74) is 0.927. The Balaban J connectivity index is 1.73. The molecule has 1 atom stereocenters. The van der Waals surface area contributed by atoms with Crippen molar-refractivity contribution in [3.8, 4) is 0 Å². The molecule has 24 heavy (non-hydrogen) atoms. The molecule has 0 bridgehead atoms. The molecule has 2 saturated heterocycles. The van der Waals surface area contributed by atoms with E-state index in [-0.39, 0.29) is 24.8 Å². The number of ether oxygens (including phenoxy) is 1. The number of sulfonamides is 1. The Kier molecular flexibility index (Phi) is 4.46. The molecule has 3 rings (SSSR count). The van der Waals surface area contributed by atoms with Crippen LogP contribution in [0, 0.1) is 0 Å². The van der Waals surface area contributed by atoms with Crippen molar-refractivity contribution in [2.75, 3.05) is 36.3 Å². The minimum atomic E-state index is -3.25. The zero-order valence-corrected chi connectivity index (χ0v) is 13.7. The summed E-state index contributed by atoms with van der Waals surface area (Å²) in [6.07, 6.45) is -0.426. The number of carbonyl (C=O) groups excluding carboxylic acids is 1. The standard InChI is InChI=1S/C15H18N2O6S/c18-14(16-7-8-23-13(10-16)15(19)20)11-2-4-12(5-3-11)17-6-1-9-24(17,21)22/h2-5,13H,1,6-10H2,(H,19,20). The van der Waals surface area contributed by atoms with Crippen molar-refractivity contribution in [1.29, 1.82) is 0 Å². The molecule has 1 aromatic rings. The van der Waals surface area contributed by atoms with Gasteiger partial charge in [0.15, 0.2) is 6.10 Å². The molecule has 1 amide bonds. The Morgan fingerprint density at radius 1 is 1.17 bits per heavy atom. The smallest absolute Gasteiger partial charge is 0.334 e. The Morgan fingerprint density at radius 2 is 1.88 bits per heavy atom. The lowest BCUT2D eigenvalue weighted by molar-refractivity contribution is -0.154. The van der Waals surface area contributed by atoms with Crippen molar-refractivity contribution >= 4 is 27.6 Å². The van der Waals surface area contributed by atoms with Gasteiger partial charge >= 0.3 is 5.97 Å². The normalized spacial score (nSPS) is 23.2. The lowest BCUT2D eigenvalue weighted by Gasteiger charge is -2.31. The first-order chi connectivity index (χ1) is 11.4. The Morgan fingerprint density at radius 3 is 2.46 bits per heavy atom. The third kappa shape index (κ3) is 3.22. The minimum absolute atomic E-state index is 0.00355. The molecule has 8 nitrogen and oxygen atoms in total. The molecule has 0 aliphatic carbocycles. The Hall–Kier alpha value is -2.13. The predicted molar refractivity (Wildman–Crippen MR) is 85.5 cm³/mol. The van der Waals surface area contributed by atoms with Crippen LogP contribution in [0.4, 0.5) is 5.69 Å². The monoisotopic (exact) mass is 354 g/mol. The van der Waals surface area contributed by atoms with E-state index >= 15 is 0 Å². The fourth-order valence-corrected chi connectivity index (χ4v) is 4.43. The summed E-state index contributed by atoms with van der Waals surface area (Å²) in [5, 5.41) is 8.99. The molecule has 0 radical (unpaired) electrons. The number of nitrogens with zero attached hydrogens (tertiary/aromatic N) is 2. The highest BCUT2D eigenvalue weighted by Crippen LogP contribution is 2.24. The van der Waals surface area contributed by atoms with Crippen LogP contribution >= 0.6 is 0 Å². The molecule has 2 fully saturated rings. The number of carboxylic acid groups (broad SMARTS) is 1. The van der Waals surface area contributed by atoms with Crippen LogP contribution in [0.2, 0.25) is 0 Å². The molecule has 2 aliphatic heterocycles. The molecule has 2 aliphatic rings. The first kappa shape index (κ1) is 16.7. The average molecular weight is 354 g/mol. The Bertz CT molecular complexity index is 746. The van der Waals surface area contributed by atoms with E-state index in [0.717, 1.165) is 0 Å². The summed E-state index contributed by atoms with van der Waals surface area (Å²) < 4.78 is 30.3. The average Bonchev–Trinajstić information content (AvgIpc) is 2.93. The zero-order chi connectivity index (χ0) is 17.3. The fraction of sp³-hybridized carbons (Fsp3) is 0.467. The van der Waals surface area contributed by atoms with Crippen LogP contribution in [0.3, 0.4) is 0 Å². The molecule has 1 N–H and O–H groups in total. The van der Waals surface area contributed by atoms with E-state index in [1.54, 1.807) is 24.3 Å². The van der Waals surface area contributed by atoms with Crippen LogP contribution < -0.4 is 4.31 Å². The maximum Gasteiger partial charge on any atom is 0.334 e. The van der Waals surface area contributed by atoms with E-state index in [9.17, 15) is 18.0 Å². The molecule has 0 saturated carbocycles. The van der Waals surface area contributed by atoms with Gasteiger partial charge in [0.2, 0.25) is 10.0 Å². The van der Waals surface area contributed by atoms with Gasteiger partial charge < -0.3 is 14.7 Å². The number of aliphatic carboxylic acids is 1. The maximum absolute atomic E-state index is 12.5. The van der Waals surface area contributed by atoms with Crippen LogP contribution in [0.15, 0.2) is 24.3 Å². The summed E-state index contributed by atoms with van der Waals surface area (Å²) >= 11 is 0. The van der Waals surface area contributed by atoms with E-state index in [4.69, 9.17) is 9.84 Å². The molecular weight excluding hydrogens is 336 g/mol. The lowest BCUT2D eigenvalue weighted by Crippen LogP contribution is -2.48. The quantitative estimate of drug-likeness (QED) is 0.829. The largest absolute Gasteiger partial charge is 0.479 e. The Labute approximate surface area is 139 Å². The fourth-order valence-electron chi connectivity index (χ4n) is 2.87. The van der Waals surface area contributed by atoms with Crippen molar-refractivity contribution in [1.82, 2.24) is 4.90 Å². The van der Waals surface area contributed by atoms with Gasteiger partial charge in [-0.15, -0.1) is 0 Å². The zero-order valence-electron chi connectivity index (χ0n) is 12.9. The number of rotatable bonds is 3. The molecule has 1 unspecified atom stereocenters. The van der Waals surface area contributed by atoms with Gasteiger partial charge in [-0.1, -0.05) is 0 Å². The van der Waals surface area contributed by atoms with Crippen LogP contribution in [0.1, 0.15) is 16.8 Å². The summed E-state index contributed by atoms with van der Waals surface area (Å²) in [4.78, 5) is 24.9. The second-order valence-electron chi connectivity index (χ2n) is 5.74. The SMILES string of the molecule is O=C(O)C1CN(C(=O)c2ccc(N3CCCS3(=O)=O)cc2)CCO1. The number of carbonyl (C=O) groups is 2. The summed E-state index contributed by atoms with van der Waals surface area (Å²) in [6, 6.07) is 6.34. The predicted octanol–water partition coefficient (Wildman–Crippen LogP) is 0.152. The topological polar surface area (TPSA) is 104 Å². The van der Waals surface area contributed by atoms with Crippen molar-refractivity contribution in [2.24, 2.45) is 0 Å². The first-order valence-electron chi connectivity index (χ1n) is 7.63. The number of morpholine rings is 1. The summed E-state index contributed by atoms with van der Waals surface area (Å²) in [5.74, 6) is -1.25. The van der Waals surface area contributed by atoms with E-state index < -0.39 is 22.1 Å². The van der Waals surface area contributed by atoms with Crippen LogP contribution in [0.5, 0.6) is 0 Å². The highest BCUT2D eigenvalue weighted by Gasteiger charge is 2.30. The van der Waals surface area contributed by atoms with E-state index in [2.05, 4.69) is 0 Å². The third-order valence-corrected chi connectivity index (χ3v) is 6.00. The first-order valence-corrected chi connectivity index (χ1v) is 9.23. The number of benzene rings is 1. The molecule has 130 valence electrons. The number of anilines is 1. The molecule has 2 heterocycles. The molecular formula is C15H18N2O6S. The highest BCUT2D eigenvalue weighted by molar-refractivity contribution is 7.93. The van der Waals surface area contributed by atoms with Crippen molar-refractivity contribution < 1.29 is 27.9 Å². The van der Waals surface area contributed by atoms with E-state index in [0.29, 0.717) is 30.8 Å². The van der Waals surface area contributed by atoms with E-state index in [1.165, 1.54) is 9.21 Å². The van der Waals surface area contributed by atoms with E-state index in [1.807, 2.05) is 0 Å². The molecule has 0 aromatic heterocycles. The van der Waals surface area contributed by atoms with Gasteiger partial charge in [-0.25, -0.2) is 13.2 Å². The van der Waals surface area contributed by atoms with Crippen molar-refractivity contribution in [3.63, 3.8) is 0 Å². The van der Waals surface area contributed by atoms with Gasteiger partial charge in [0.25, 0.3) is 5.91 Å². The van der Waals surface area contributed by atoms with Crippen molar-refractivity contribution in [3.05, 3.63) is 29.8 Å². The second kappa shape index (κ2) is 6.40. The van der Waals surface area contributed by atoms with Gasteiger partial charge in [0.05, 0.1) is 24.6 Å². The molecule has 0 spiro atoms. The number of hydrogen-bond acceptors (Lipinski definition) is 5. The van der Waals surface area contributed by atoms with Gasteiger partial charge in [0, 0.05) is 18.7 Å². The third-order valence-electron chi connectivity index (χ3n) is 4.13. The maximum atomic E-state index is 12.5. The second-order valence-corrected chi connectivity index (χ2v) is 7.75. The van der Waals surface area contributed by atoms with Crippen LogP contribution in [-0.4, -0.2) is 68.4 Å². The minimum Gasteiger partial charge on any atom is -0.479 e. The van der Waals surface area contributed by atoms with Gasteiger partial charge in [-0.2, -0.15) is 0 Å². The highest BCUT2D eigenvalue weighted by atomic mass is 32.2. The summed E-state index contributed by atoms with van der Waals surface area (Å²) in [6.45, 7) is 0.938. The van der Waals surface area contributed by atoms with Gasteiger partial charge in [0.1, 0.15) is 0 Å². The number of hydrogen-bond donors (Lipinski definition) is 1. The summed E-state index contributed by atoms with van der Waals surface area (Å²) in [7, 11) is -3.25. The van der Waals surface area contributed by atoms with Crippen LogP contribution in [0.25, 0.3) is 0 Å². The van der Waals surface area contributed by atoms with Crippen LogP contribution in [-0.2, 0) is 19.6 Å². The molecule has 1 aromatic carbocycles. The molecule has 9 heteroatoms. The number of carboxylic acids is 1. The van der Waals surface area contributed by atoms with Crippen molar-refractivity contribution in [2.45, 2.75) is 12.5 Å². The lowest BCUT2D eigenvalue weighted by atomic mass is 10.1. The number of amides is 1.